The molecule has 0 bridgehead atoms. The van der Waals surface area contributed by atoms with Crippen molar-refractivity contribution in [1.82, 2.24) is 10.2 Å². The summed E-state index contributed by atoms with van der Waals surface area (Å²) in [5, 5.41) is 12.7. The number of nitrogens with zero attached hydrogens (tertiary/aromatic N) is 1. The van der Waals surface area contributed by atoms with E-state index in [1.807, 2.05) is 4.90 Å². The number of benzene rings is 1. The largest absolute Gasteiger partial charge is 0.508 e. The highest BCUT2D eigenvalue weighted by Crippen LogP contribution is 2.16. The quantitative estimate of drug-likeness (QED) is 0.872. The number of carbonyl (C=O) groups excluding carboxylic acids is 1. The van der Waals surface area contributed by atoms with Crippen LogP contribution in [-0.2, 0) is 0 Å². The Bertz CT molecular complexity index is 409. The highest BCUT2D eigenvalue weighted by Gasteiger charge is 2.22. The van der Waals surface area contributed by atoms with Crippen LogP contribution in [0.15, 0.2) is 24.3 Å². The first-order valence-corrected chi connectivity index (χ1v) is 7.02. The molecule has 0 atom stereocenters. The average Bonchev–Trinajstić information content (AvgIpc) is 2.46. The van der Waals surface area contributed by atoms with Gasteiger partial charge in [0.2, 0.25) is 0 Å². The number of rotatable bonds is 4. The molecule has 0 radical (unpaired) electrons. The van der Waals surface area contributed by atoms with Gasteiger partial charge in [0.1, 0.15) is 5.75 Å². The molecule has 0 saturated carbocycles. The first-order valence-electron chi connectivity index (χ1n) is 7.02. The minimum atomic E-state index is 0.0638. The average molecular weight is 262 g/mol. The molecule has 0 unspecified atom stereocenters. The minimum Gasteiger partial charge on any atom is -0.508 e. The van der Waals surface area contributed by atoms with Gasteiger partial charge in [0.15, 0.2) is 0 Å². The molecular formula is C15H22N2O2. The second-order valence-corrected chi connectivity index (χ2v) is 5.07. The fourth-order valence-electron chi connectivity index (χ4n) is 2.42. The van der Waals surface area contributed by atoms with E-state index in [0.717, 1.165) is 38.9 Å². The van der Waals surface area contributed by atoms with Crippen molar-refractivity contribution in [2.24, 2.45) is 0 Å². The van der Waals surface area contributed by atoms with Gasteiger partial charge in [-0.15, -0.1) is 0 Å². The van der Waals surface area contributed by atoms with E-state index in [1.54, 1.807) is 24.3 Å². The molecule has 0 spiro atoms. The molecule has 1 aliphatic heterocycles. The third-order valence-electron chi connectivity index (χ3n) is 3.58. The van der Waals surface area contributed by atoms with Gasteiger partial charge in [-0.2, -0.15) is 0 Å². The summed E-state index contributed by atoms with van der Waals surface area (Å²) in [6, 6.07) is 7.02. The van der Waals surface area contributed by atoms with Crippen molar-refractivity contribution in [3.8, 4) is 5.75 Å². The Labute approximate surface area is 114 Å². The standard InChI is InChI=1S/C15H22N2O2/c1-2-9-16-13-7-10-17(11-8-13)15(19)12-3-5-14(18)6-4-12/h3-6,13,16,18H,2,7-11H2,1H3. The smallest absolute Gasteiger partial charge is 0.253 e. The van der Waals surface area contributed by atoms with E-state index in [1.165, 1.54) is 0 Å². The minimum absolute atomic E-state index is 0.0638. The molecule has 1 aromatic carbocycles. The lowest BCUT2D eigenvalue weighted by molar-refractivity contribution is 0.0705. The lowest BCUT2D eigenvalue weighted by Gasteiger charge is -2.32. The Morgan fingerprint density at radius 3 is 2.53 bits per heavy atom. The zero-order chi connectivity index (χ0) is 13.7. The molecule has 19 heavy (non-hydrogen) atoms. The van der Waals surface area contributed by atoms with Gasteiger partial charge in [-0.1, -0.05) is 6.92 Å². The summed E-state index contributed by atoms with van der Waals surface area (Å²) in [6.45, 7) is 4.83. The molecule has 2 rings (SSSR count). The number of likely N-dealkylation sites (tertiary alicyclic amines) is 1. The molecule has 1 aliphatic rings. The number of phenolic OH excluding ortho intramolecular Hbond substituents is 1. The Morgan fingerprint density at radius 2 is 1.95 bits per heavy atom. The Balaban J connectivity index is 1.87. The number of amides is 1. The molecule has 1 amide bonds. The lowest BCUT2D eigenvalue weighted by Crippen LogP contribution is -2.45. The third-order valence-corrected chi connectivity index (χ3v) is 3.58. The summed E-state index contributed by atoms with van der Waals surface area (Å²) in [5.41, 5.74) is 0.651. The summed E-state index contributed by atoms with van der Waals surface area (Å²) in [6.07, 6.45) is 3.18. The van der Waals surface area contributed by atoms with Crippen molar-refractivity contribution in [2.75, 3.05) is 19.6 Å². The first-order chi connectivity index (χ1) is 9.20. The van der Waals surface area contributed by atoms with Gasteiger partial charge in [-0.3, -0.25) is 4.79 Å². The van der Waals surface area contributed by atoms with Gasteiger partial charge in [-0.05, 0) is 50.1 Å². The zero-order valence-electron chi connectivity index (χ0n) is 11.4. The second kappa shape index (κ2) is 6.57. The summed E-state index contributed by atoms with van der Waals surface area (Å²) in [5.74, 6) is 0.257. The molecular weight excluding hydrogens is 240 g/mol. The predicted octanol–water partition coefficient (Wildman–Crippen LogP) is 2.00. The maximum absolute atomic E-state index is 12.3. The Hall–Kier alpha value is -1.55. The fraction of sp³-hybridized carbons (Fsp3) is 0.533. The second-order valence-electron chi connectivity index (χ2n) is 5.07. The molecule has 1 aromatic rings. The van der Waals surface area contributed by atoms with Crippen molar-refractivity contribution in [3.63, 3.8) is 0 Å². The first kappa shape index (κ1) is 13.9. The molecule has 0 aromatic heterocycles. The number of phenols is 1. The van der Waals surface area contributed by atoms with Crippen LogP contribution in [0, 0.1) is 0 Å². The molecule has 1 fully saturated rings. The number of nitrogens with one attached hydrogen (secondary N) is 1. The topological polar surface area (TPSA) is 52.6 Å². The molecule has 1 saturated heterocycles. The van der Waals surface area contributed by atoms with Gasteiger partial charge in [0, 0.05) is 24.7 Å². The van der Waals surface area contributed by atoms with E-state index in [0.29, 0.717) is 11.6 Å². The van der Waals surface area contributed by atoms with Crippen LogP contribution >= 0.6 is 0 Å². The van der Waals surface area contributed by atoms with Crippen molar-refractivity contribution in [2.45, 2.75) is 32.2 Å². The molecule has 4 nitrogen and oxygen atoms in total. The number of hydrogen-bond acceptors (Lipinski definition) is 3. The molecule has 104 valence electrons. The van der Waals surface area contributed by atoms with E-state index < -0.39 is 0 Å². The summed E-state index contributed by atoms with van der Waals surface area (Å²) in [7, 11) is 0. The highest BCUT2D eigenvalue weighted by atomic mass is 16.3. The number of piperidine rings is 1. The van der Waals surface area contributed by atoms with Gasteiger partial charge in [-0.25, -0.2) is 0 Å². The fourth-order valence-corrected chi connectivity index (χ4v) is 2.42. The van der Waals surface area contributed by atoms with E-state index in [2.05, 4.69) is 12.2 Å². The SMILES string of the molecule is CCCNC1CCN(C(=O)c2ccc(O)cc2)CC1. The molecule has 0 aliphatic carbocycles. The molecule has 2 N–H and O–H groups in total. The summed E-state index contributed by atoms with van der Waals surface area (Å²) in [4.78, 5) is 14.2. The molecule has 1 heterocycles. The van der Waals surface area contributed by atoms with E-state index in [-0.39, 0.29) is 11.7 Å². The van der Waals surface area contributed by atoms with E-state index >= 15 is 0 Å². The maximum Gasteiger partial charge on any atom is 0.253 e. The van der Waals surface area contributed by atoms with E-state index in [9.17, 15) is 9.90 Å². The summed E-state index contributed by atoms with van der Waals surface area (Å²) >= 11 is 0. The monoisotopic (exact) mass is 262 g/mol. The van der Waals surface area contributed by atoms with Gasteiger partial charge in [0.05, 0.1) is 0 Å². The van der Waals surface area contributed by atoms with Crippen LogP contribution in [0.2, 0.25) is 0 Å². The van der Waals surface area contributed by atoms with Crippen molar-refractivity contribution >= 4 is 5.91 Å². The van der Waals surface area contributed by atoms with Crippen molar-refractivity contribution in [3.05, 3.63) is 29.8 Å². The predicted molar refractivity (Wildman–Crippen MR) is 75.3 cm³/mol. The van der Waals surface area contributed by atoms with Crippen LogP contribution < -0.4 is 5.32 Å². The van der Waals surface area contributed by atoms with Crippen molar-refractivity contribution in [1.29, 1.82) is 0 Å². The summed E-state index contributed by atoms with van der Waals surface area (Å²) < 4.78 is 0. The lowest BCUT2D eigenvalue weighted by atomic mass is 10.0. The van der Waals surface area contributed by atoms with Crippen LogP contribution in [-0.4, -0.2) is 41.6 Å². The van der Waals surface area contributed by atoms with Crippen molar-refractivity contribution < 1.29 is 9.90 Å². The Kier molecular flexibility index (Phi) is 4.80. The third kappa shape index (κ3) is 3.70. The van der Waals surface area contributed by atoms with E-state index in [4.69, 9.17) is 0 Å². The molecule has 4 heteroatoms. The van der Waals surface area contributed by atoms with Gasteiger partial charge in [0.25, 0.3) is 5.91 Å². The van der Waals surface area contributed by atoms with Crippen LogP contribution in [0.5, 0.6) is 5.75 Å². The van der Waals surface area contributed by atoms with Crippen LogP contribution in [0.25, 0.3) is 0 Å². The van der Waals surface area contributed by atoms with Crippen LogP contribution in [0.3, 0.4) is 0 Å². The highest BCUT2D eigenvalue weighted by molar-refractivity contribution is 5.94. The van der Waals surface area contributed by atoms with Crippen LogP contribution in [0.4, 0.5) is 0 Å². The Morgan fingerprint density at radius 1 is 1.32 bits per heavy atom. The number of hydrogen-bond donors (Lipinski definition) is 2. The maximum atomic E-state index is 12.3. The normalized spacial score (nSPS) is 16.6. The zero-order valence-corrected chi connectivity index (χ0v) is 11.4. The number of aromatic hydroxyl groups is 1. The number of carbonyl (C=O) groups is 1. The van der Waals surface area contributed by atoms with Crippen LogP contribution in [0.1, 0.15) is 36.5 Å². The van der Waals surface area contributed by atoms with Gasteiger partial charge >= 0.3 is 0 Å². The van der Waals surface area contributed by atoms with Gasteiger partial charge < -0.3 is 15.3 Å².